The number of hydrogen-bond acceptors (Lipinski definition) is 2. The van der Waals surface area contributed by atoms with Gasteiger partial charge in [-0.1, -0.05) is 19.1 Å². The van der Waals surface area contributed by atoms with Crippen LogP contribution in [0.15, 0.2) is 24.3 Å². The second-order valence-electron chi connectivity index (χ2n) is 4.58. The molecule has 19 heavy (non-hydrogen) atoms. The van der Waals surface area contributed by atoms with Crippen LogP contribution in [0, 0.1) is 12.7 Å². The smallest absolute Gasteiger partial charge is 0.146 e. The predicted octanol–water partition coefficient (Wildman–Crippen LogP) is 3.53. The Balaban J connectivity index is 2.16. The van der Waals surface area contributed by atoms with Crippen molar-refractivity contribution in [1.29, 1.82) is 0 Å². The number of benzene rings is 1. The van der Waals surface area contributed by atoms with E-state index < -0.39 is 0 Å². The Hall–Kier alpha value is -1.84. The number of aromatic nitrogens is 2. The Morgan fingerprint density at radius 3 is 2.74 bits per heavy atom. The summed E-state index contributed by atoms with van der Waals surface area (Å²) in [5, 5.41) is 7.66. The second-order valence-corrected chi connectivity index (χ2v) is 4.58. The topological polar surface area (TPSA) is 29.9 Å². The molecule has 0 amide bonds. The van der Waals surface area contributed by atoms with Gasteiger partial charge in [0, 0.05) is 6.54 Å². The van der Waals surface area contributed by atoms with Gasteiger partial charge in [0.1, 0.15) is 5.82 Å². The fourth-order valence-corrected chi connectivity index (χ4v) is 2.14. The molecule has 1 aromatic heterocycles. The highest BCUT2D eigenvalue weighted by Gasteiger charge is 2.08. The van der Waals surface area contributed by atoms with Crippen LogP contribution in [0.4, 0.5) is 10.1 Å². The molecule has 0 spiro atoms. The molecule has 0 aliphatic rings. The summed E-state index contributed by atoms with van der Waals surface area (Å²) in [4.78, 5) is 0. The summed E-state index contributed by atoms with van der Waals surface area (Å²) in [7, 11) is 0. The number of nitrogens with zero attached hydrogens (tertiary/aromatic N) is 2. The van der Waals surface area contributed by atoms with Crippen molar-refractivity contribution in [1.82, 2.24) is 9.78 Å². The van der Waals surface area contributed by atoms with Crippen LogP contribution in [0.5, 0.6) is 0 Å². The fraction of sp³-hybridized carbons (Fsp3) is 0.400. The Morgan fingerprint density at radius 2 is 2.11 bits per heavy atom. The van der Waals surface area contributed by atoms with Crippen molar-refractivity contribution in [2.24, 2.45) is 0 Å². The molecule has 1 heterocycles. The molecule has 0 saturated carbocycles. The lowest BCUT2D eigenvalue weighted by Crippen LogP contribution is -2.09. The first-order chi connectivity index (χ1) is 9.15. The minimum atomic E-state index is -0.210. The highest BCUT2D eigenvalue weighted by molar-refractivity contribution is 5.51. The third-order valence-electron chi connectivity index (χ3n) is 3.24. The van der Waals surface area contributed by atoms with E-state index >= 15 is 0 Å². The first kappa shape index (κ1) is 13.6. The van der Waals surface area contributed by atoms with E-state index in [1.807, 2.05) is 17.7 Å². The summed E-state index contributed by atoms with van der Waals surface area (Å²) in [6.45, 7) is 7.46. The van der Waals surface area contributed by atoms with Crippen LogP contribution < -0.4 is 5.32 Å². The van der Waals surface area contributed by atoms with Gasteiger partial charge < -0.3 is 5.32 Å². The minimum Gasteiger partial charge on any atom is -0.377 e. The third kappa shape index (κ3) is 2.95. The summed E-state index contributed by atoms with van der Waals surface area (Å²) in [6.07, 6.45) is 0.915. The van der Waals surface area contributed by atoms with Gasteiger partial charge in [-0.15, -0.1) is 0 Å². The van der Waals surface area contributed by atoms with E-state index in [1.54, 1.807) is 6.07 Å². The van der Waals surface area contributed by atoms with E-state index in [4.69, 9.17) is 0 Å². The second kappa shape index (κ2) is 5.87. The number of rotatable bonds is 5. The zero-order valence-electron chi connectivity index (χ0n) is 11.7. The number of hydrogen-bond donors (Lipinski definition) is 1. The average molecular weight is 261 g/mol. The summed E-state index contributed by atoms with van der Waals surface area (Å²) in [5.41, 5.74) is 3.65. The van der Waals surface area contributed by atoms with Crippen molar-refractivity contribution in [3.8, 4) is 0 Å². The number of anilines is 1. The quantitative estimate of drug-likeness (QED) is 0.892. The van der Waals surface area contributed by atoms with E-state index in [9.17, 15) is 4.39 Å². The van der Waals surface area contributed by atoms with Crippen molar-refractivity contribution in [3.05, 3.63) is 47.0 Å². The molecule has 102 valence electrons. The molecule has 1 N–H and O–H groups in total. The molecule has 0 saturated heterocycles. The molecule has 0 bridgehead atoms. The SMILES string of the molecule is CCc1cc(CNc2c(C)cccc2F)n(CC)n1. The molecule has 0 fully saturated rings. The van der Waals surface area contributed by atoms with E-state index in [1.165, 1.54) is 6.07 Å². The molecule has 1 aromatic carbocycles. The maximum Gasteiger partial charge on any atom is 0.146 e. The van der Waals surface area contributed by atoms with Crippen molar-refractivity contribution in [2.45, 2.75) is 40.3 Å². The molecule has 3 nitrogen and oxygen atoms in total. The van der Waals surface area contributed by atoms with Crippen molar-refractivity contribution in [3.63, 3.8) is 0 Å². The monoisotopic (exact) mass is 261 g/mol. The van der Waals surface area contributed by atoms with Crippen molar-refractivity contribution in [2.75, 3.05) is 5.32 Å². The first-order valence-electron chi connectivity index (χ1n) is 6.70. The van der Waals surface area contributed by atoms with Gasteiger partial charge in [-0.25, -0.2) is 4.39 Å². The van der Waals surface area contributed by atoms with Crippen LogP contribution in [0.25, 0.3) is 0 Å². The Morgan fingerprint density at radius 1 is 1.32 bits per heavy atom. The fourth-order valence-electron chi connectivity index (χ4n) is 2.14. The standard InChI is InChI=1S/C15H20FN3/c1-4-12-9-13(19(5-2)18-12)10-17-15-11(3)7-6-8-14(15)16/h6-9,17H,4-5,10H2,1-3H3. The number of halogens is 1. The largest absolute Gasteiger partial charge is 0.377 e. The Labute approximate surface area is 113 Å². The van der Waals surface area contributed by atoms with Crippen molar-refractivity contribution >= 4 is 5.69 Å². The molecular formula is C15H20FN3. The first-order valence-corrected chi connectivity index (χ1v) is 6.70. The Kier molecular flexibility index (Phi) is 4.20. The number of aryl methyl sites for hydroxylation is 3. The van der Waals surface area contributed by atoms with E-state index in [-0.39, 0.29) is 5.82 Å². The molecule has 2 rings (SSSR count). The maximum atomic E-state index is 13.7. The van der Waals surface area contributed by atoms with Gasteiger partial charge in [0.25, 0.3) is 0 Å². The summed E-state index contributed by atoms with van der Waals surface area (Å²) >= 11 is 0. The predicted molar refractivity (Wildman–Crippen MR) is 75.7 cm³/mol. The van der Waals surface area contributed by atoms with Gasteiger partial charge in [-0.2, -0.15) is 5.10 Å². The molecule has 0 aliphatic carbocycles. The summed E-state index contributed by atoms with van der Waals surface area (Å²) in [5.74, 6) is -0.210. The lowest BCUT2D eigenvalue weighted by atomic mass is 10.2. The van der Waals surface area contributed by atoms with Crippen LogP contribution in [0.1, 0.15) is 30.8 Å². The summed E-state index contributed by atoms with van der Waals surface area (Å²) < 4.78 is 15.7. The van der Waals surface area contributed by atoms with Gasteiger partial charge in [-0.05, 0) is 38.0 Å². The van der Waals surface area contributed by atoms with Gasteiger partial charge in [0.15, 0.2) is 0 Å². The summed E-state index contributed by atoms with van der Waals surface area (Å²) in [6, 6.07) is 7.18. The van der Waals surface area contributed by atoms with E-state index in [0.717, 1.165) is 29.9 Å². The molecule has 0 unspecified atom stereocenters. The van der Waals surface area contributed by atoms with Gasteiger partial charge in [0.05, 0.1) is 23.6 Å². The van der Waals surface area contributed by atoms with Crippen LogP contribution in [0.3, 0.4) is 0 Å². The maximum absolute atomic E-state index is 13.7. The molecule has 2 aromatic rings. The molecule has 0 atom stereocenters. The number of para-hydroxylation sites is 1. The zero-order chi connectivity index (χ0) is 13.8. The van der Waals surface area contributed by atoms with E-state index in [2.05, 4.69) is 30.3 Å². The van der Waals surface area contributed by atoms with Crippen LogP contribution >= 0.6 is 0 Å². The third-order valence-corrected chi connectivity index (χ3v) is 3.24. The Bertz CT molecular complexity index is 540. The number of nitrogens with one attached hydrogen (secondary N) is 1. The van der Waals surface area contributed by atoms with Gasteiger partial charge >= 0.3 is 0 Å². The van der Waals surface area contributed by atoms with Crippen LogP contribution in [0.2, 0.25) is 0 Å². The molecule has 0 radical (unpaired) electrons. The normalized spacial score (nSPS) is 10.7. The highest BCUT2D eigenvalue weighted by atomic mass is 19.1. The van der Waals surface area contributed by atoms with E-state index in [0.29, 0.717) is 12.2 Å². The van der Waals surface area contributed by atoms with Gasteiger partial charge in [0.2, 0.25) is 0 Å². The molecule has 4 heteroatoms. The average Bonchev–Trinajstić information content (AvgIpc) is 2.80. The van der Waals surface area contributed by atoms with Crippen LogP contribution in [-0.2, 0) is 19.5 Å². The zero-order valence-corrected chi connectivity index (χ0v) is 11.7. The molecular weight excluding hydrogens is 241 g/mol. The van der Waals surface area contributed by atoms with Crippen LogP contribution in [-0.4, -0.2) is 9.78 Å². The lowest BCUT2D eigenvalue weighted by Gasteiger charge is -2.11. The minimum absolute atomic E-state index is 0.210. The lowest BCUT2D eigenvalue weighted by molar-refractivity contribution is 0.613. The highest BCUT2D eigenvalue weighted by Crippen LogP contribution is 2.19. The van der Waals surface area contributed by atoms with Crippen molar-refractivity contribution < 1.29 is 4.39 Å². The van der Waals surface area contributed by atoms with Gasteiger partial charge in [-0.3, -0.25) is 4.68 Å². The molecule has 0 aliphatic heterocycles.